The number of carbonyl (C=O) groups is 1. The van der Waals surface area contributed by atoms with Crippen molar-refractivity contribution in [3.63, 3.8) is 0 Å². The van der Waals surface area contributed by atoms with Crippen LogP contribution in [0.25, 0.3) is 6.08 Å². The fraction of sp³-hybridized carbons (Fsp3) is 0. The second kappa shape index (κ2) is 5.56. The third-order valence-corrected chi connectivity index (χ3v) is 2.35. The van der Waals surface area contributed by atoms with E-state index < -0.39 is 5.91 Å². The van der Waals surface area contributed by atoms with Gasteiger partial charge in [-0.2, -0.15) is 5.26 Å². The molecule has 2 N–H and O–H groups in total. The summed E-state index contributed by atoms with van der Waals surface area (Å²) < 4.78 is 5.03. The number of nitrogens with zero attached hydrogens (tertiary/aromatic N) is 1. The number of anilines is 1. The Balaban J connectivity index is 2.19. The van der Waals surface area contributed by atoms with E-state index in [0.29, 0.717) is 5.76 Å². The lowest BCUT2D eigenvalue weighted by Gasteiger charge is -2.05. The Kier molecular flexibility index (Phi) is 3.64. The van der Waals surface area contributed by atoms with Crippen LogP contribution >= 0.6 is 0 Å². The number of phenolic OH excluding ortho intramolecular Hbond substituents is 1. The van der Waals surface area contributed by atoms with E-state index in [2.05, 4.69) is 5.32 Å². The van der Waals surface area contributed by atoms with Gasteiger partial charge in [-0.1, -0.05) is 12.1 Å². The lowest BCUT2D eigenvalue weighted by Crippen LogP contribution is -2.13. The minimum Gasteiger partial charge on any atom is -0.506 e. The van der Waals surface area contributed by atoms with Gasteiger partial charge in [-0.05, 0) is 24.3 Å². The van der Waals surface area contributed by atoms with Gasteiger partial charge in [0.15, 0.2) is 0 Å². The Labute approximate surface area is 109 Å². The number of benzene rings is 1. The number of nitriles is 1. The zero-order chi connectivity index (χ0) is 13.7. The highest BCUT2D eigenvalue weighted by molar-refractivity contribution is 6.10. The number of hydrogen-bond acceptors (Lipinski definition) is 4. The number of carbonyl (C=O) groups excluding carboxylic acids is 1. The molecule has 1 heterocycles. The van der Waals surface area contributed by atoms with Crippen LogP contribution in [-0.2, 0) is 4.79 Å². The van der Waals surface area contributed by atoms with E-state index in [1.807, 2.05) is 0 Å². The molecule has 0 atom stereocenters. The van der Waals surface area contributed by atoms with Crippen molar-refractivity contribution in [2.24, 2.45) is 0 Å². The van der Waals surface area contributed by atoms with Gasteiger partial charge in [0.2, 0.25) is 0 Å². The number of para-hydroxylation sites is 2. The molecule has 5 nitrogen and oxygen atoms in total. The summed E-state index contributed by atoms with van der Waals surface area (Å²) >= 11 is 0. The van der Waals surface area contributed by atoms with Crippen LogP contribution in [0.5, 0.6) is 5.75 Å². The SMILES string of the molecule is N#CC(=Cc1ccco1)C(=O)Nc1ccccc1O. The topological polar surface area (TPSA) is 86.3 Å². The molecule has 1 amide bonds. The smallest absolute Gasteiger partial charge is 0.266 e. The molecule has 0 aliphatic carbocycles. The first-order valence-corrected chi connectivity index (χ1v) is 5.45. The van der Waals surface area contributed by atoms with Crippen molar-refractivity contribution < 1.29 is 14.3 Å². The van der Waals surface area contributed by atoms with Crippen LogP contribution in [0.1, 0.15) is 5.76 Å². The van der Waals surface area contributed by atoms with Crippen molar-refractivity contribution in [2.75, 3.05) is 5.32 Å². The van der Waals surface area contributed by atoms with Gasteiger partial charge in [-0.3, -0.25) is 4.79 Å². The van der Waals surface area contributed by atoms with Gasteiger partial charge in [0.25, 0.3) is 5.91 Å². The summed E-state index contributed by atoms with van der Waals surface area (Å²) in [6, 6.07) is 11.3. The summed E-state index contributed by atoms with van der Waals surface area (Å²) in [6.07, 6.45) is 2.77. The predicted molar refractivity (Wildman–Crippen MR) is 69.0 cm³/mol. The number of furan rings is 1. The number of aromatic hydroxyl groups is 1. The Morgan fingerprint density at radius 1 is 1.32 bits per heavy atom. The average Bonchev–Trinajstić information content (AvgIpc) is 2.91. The molecule has 94 valence electrons. The summed E-state index contributed by atoms with van der Waals surface area (Å²) in [5.41, 5.74) is 0.131. The zero-order valence-corrected chi connectivity index (χ0v) is 9.83. The molecule has 0 aliphatic rings. The lowest BCUT2D eigenvalue weighted by molar-refractivity contribution is -0.112. The minimum absolute atomic E-state index is 0.0638. The highest BCUT2D eigenvalue weighted by Gasteiger charge is 2.11. The van der Waals surface area contributed by atoms with Crippen LogP contribution in [0, 0.1) is 11.3 Å². The molecule has 5 heteroatoms. The van der Waals surface area contributed by atoms with Crippen LogP contribution in [0.15, 0.2) is 52.7 Å². The van der Waals surface area contributed by atoms with Gasteiger partial charge in [-0.25, -0.2) is 0 Å². The molecule has 0 bridgehead atoms. The Hall–Kier alpha value is -3.00. The maximum absolute atomic E-state index is 11.9. The maximum Gasteiger partial charge on any atom is 0.266 e. The summed E-state index contributed by atoms with van der Waals surface area (Å²) in [5.74, 6) is -0.268. The Morgan fingerprint density at radius 2 is 2.11 bits per heavy atom. The molecule has 0 radical (unpaired) electrons. The van der Waals surface area contributed by atoms with Crippen molar-refractivity contribution in [3.8, 4) is 11.8 Å². The van der Waals surface area contributed by atoms with Crippen LogP contribution in [-0.4, -0.2) is 11.0 Å². The first-order valence-electron chi connectivity index (χ1n) is 5.45. The molecule has 0 spiro atoms. The molecule has 0 unspecified atom stereocenters. The van der Waals surface area contributed by atoms with Crippen LogP contribution in [0.2, 0.25) is 0 Å². The maximum atomic E-state index is 11.9. The fourth-order valence-electron chi connectivity index (χ4n) is 1.43. The van der Waals surface area contributed by atoms with Gasteiger partial charge in [0.05, 0.1) is 12.0 Å². The summed E-state index contributed by atoms with van der Waals surface area (Å²) in [7, 11) is 0. The predicted octanol–water partition coefficient (Wildman–Crippen LogP) is 2.53. The standard InChI is InChI=1S/C14H10N2O3/c15-9-10(8-11-4-3-7-19-11)14(18)16-12-5-1-2-6-13(12)17/h1-8,17H,(H,16,18). The third kappa shape index (κ3) is 3.01. The van der Waals surface area contributed by atoms with Gasteiger partial charge in [0.1, 0.15) is 23.2 Å². The molecule has 0 saturated heterocycles. The average molecular weight is 254 g/mol. The first kappa shape index (κ1) is 12.5. The summed E-state index contributed by atoms with van der Waals surface area (Å²) in [6.45, 7) is 0. The van der Waals surface area contributed by atoms with Gasteiger partial charge in [-0.15, -0.1) is 0 Å². The first-order chi connectivity index (χ1) is 9.20. The number of nitrogens with one attached hydrogen (secondary N) is 1. The molecule has 0 saturated carbocycles. The van der Waals surface area contributed by atoms with E-state index >= 15 is 0 Å². The quantitative estimate of drug-likeness (QED) is 0.500. The molecular formula is C14H10N2O3. The van der Waals surface area contributed by atoms with E-state index in [1.54, 1.807) is 30.3 Å². The second-order valence-electron chi connectivity index (χ2n) is 3.66. The van der Waals surface area contributed by atoms with Gasteiger partial charge < -0.3 is 14.8 Å². The molecule has 2 aromatic rings. The highest BCUT2D eigenvalue weighted by atomic mass is 16.3. The summed E-state index contributed by atoms with van der Waals surface area (Å²) in [5, 5.41) is 20.9. The molecule has 1 aromatic carbocycles. The molecule has 19 heavy (non-hydrogen) atoms. The fourth-order valence-corrected chi connectivity index (χ4v) is 1.43. The van der Waals surface area contributed by atoms with Crippen molar-refractivity contribution in [2.45, 2.75) is 0 Å². The molecule has 1 aromatic heterocycles. The van der Waals surface area contributed by atoms with Crippen LogP contribution in [0.3, 0.4) is 0 Å². The molecule has 2 rings (SSSR count). The van der Waals surface area contributed by atoms with E-state index in [9.17, 15) is 9.90 Å². The molecular weight excluding hydrogens is 244 g/mol. The normalized spacial score (nSPS) is 10.8. The van der Waals surface area contributed by atoms with Crippen molar-refractivity contribution in [1.82, 2.24) is 0 Å². The third-order valence-electron chi connectivity index (χ3n) is 2.35. The van der Waals surface area contributed by atoms with E-state index in [1.165, 1.54) is 24.5 Å². The Morgan fingerprint density at radius 3 is 2.74 bits per heavy atom. The highest BCUT2D eigenvalue weighted by Crippen LogP contribution is 2.22. The van der Waals surface area contributed by atoms with Crippen LogP contribution < -0.4 is 5.32 Å². The monoisotopic (exact) mass is 254 g/mol. The van der Waals surface area contributed by atoms with E-state index in [4.69, 9.17) is 9.68 Å². The summed E-state index contributed by atoms with van der Waals surface area (Å²) in [4.78, 5) is 11.9. The van der Waals surface area contributed by atoms with Crippen molar-refractivity contribution >= 4 is 17.7 Å². The molecule has 0 aliphatic heterocycles. The van der Waals surface area contributed by atoms with E-state index in [-0.39, 0.29) is 17.0 Å². The number of rotatable bonds is 3. The number of amides is 1. The van der Waals surface area contributed by atoms with Crippen molar-refractivity contribution in [3.05, 3.63) is 54.0 Å². The van der Waals surface area contributed by atoms with E-state index in [0.717, 1.165) is 0 Å². The van der Waals surface area contributed by atoms with Gasteiger partial charge in [0, 0.05) is 6.08 Å². The second-order valence-corrected chi connectivity index (χ2v) is 3.66. The molecule has 0 fully saturated rings. The van der Waals surface area contributed by atoms with Gasteiger partial charge >= 0.3 is 0 Å². The largest absolute Gasteiger partial charge is 0.506 e. The van der Waals surface area contributed by atoms with Crippen LogP contribution in [0.4, 0.5) is 5.69 Å². The minimum atomic E-state index is -0.611. The number of phenols is 1. The van der Waals surface area contributed by atoms with Crippen molar-refractivity contribution in [1.29, 1.82) is 5.26 Å². The zero-order valence-electron chi connectivity index (χ0n) is 9.83. The Bertz CT molecular complexity index is 652. The lowest BCUT2D eigenvalue weighted by atomic mass is 10.2. The number of hydrogen-bond donors (Lipinski definition) is 2.